The zero-order chi connectivity index (χ0) is 17.4. The average Bonchev–Trinajstić information content (AvgIpc) is 3.08. The first kappa shape index (κ1) is 15.3. The van der Waals surface area contributed by atoms with Crippen molar-refractivity contribution in [3.05, 3.63) is 57.0 Å². The van der Waals surface area contributed by atoms with Crippen molar-refractivity contribution in [2.45, 2.75) is 19.4 Å². The van der Waals surface area contributed by atoms with Crippen molar-refractivity contribution in [1.82, 2.24) is 9.88 Å². The average molecular weight is 337 g/mol. The Balaban J connectivity index is 1.50. The predicted molar refractivity (Wildman–Crippen MR) is 87.2 cm³/mol. The molecule has 0 unspecified atom stereocenters. The maximum absolute atomic E-state index is 12.6. The number of aromatic amines is 1. The summed E-state index contributed by atoms with van der Waals surface area (Å²) in [4.78, 5) is 28.8. The predicted octanol–water partition coefficient (Wildman–Crippen LogP) is 1.10. The van der Waals surface area contributed by atoms with Crippen LogP contribution in [0.25, 0.3) is 0 Å². The molecule has 0 saturated heterocycles. The van der Waals surface area contributed by atoms with Gasteiger partial charge in [-0.25, -0.2) is 0 Å². The van der Waals surface area contributed by atoms with Crippen molar-refractivity contribution in [1.29, 1.82) is 5.26 Å². The Morgan fingerprint density at radius 3 is 2.96 bits per heavy atom. The minimum atomic E-state index is -0.374. The fourth-order valence-corrected chi connectivity index (χ4v) is 3.14. The van der Waals surface area contributed by atoms with E-state index in [1.807, 2.05) is 18.2 Å². The molecule has 1 N–H and O–H groups in total. The second kappa shape index (κ2) is 5.98. The lowest BCUT2D eigenvalue weighted by atomic mass is 10.0. The lowest BCUT2D eigenvalue weighted by Gasteiger charge is -2.28. The molecule has 126 valence electrons. The van der Waals surface area contributed by atoms with Crippen LogP contribution in [0.2, 0.25) is 0 Å². The van der Waals surface area contributed by atoms with Crippen molar-refractivity contribution < 1.29 is 14.3 Å². The molecule has 7 heteroatoms. The van der Waals surface area contributed by atoms with Gasteiger partial charge < -0.3 is 19.4 Å². The van der Waals surface area contributed by atoms with E-state index in [0.717, 1.165) is 16.8 Å². The molecule has 4 rings (SSSR count). The van der Waals surface area contributed by atoms with Crippen molar-refractivity contribution in [3.63, 3.8) is 0 Å². The first-order valence-electron chi connectivity index (χ1n) is 7.95. The van der Waals surface area contributed by atoms with Crippen LogP contribution in [0, 0.1) is 11.3 Å². The van der Waals surface area contributed by atoms with Crippen LogP contribution in [0.1, 0.15) is 22.4 Å². The molecule has 0 atom stereocenters. The van der Waals surface area contributed by atoms with Gasteiger partial charge in [0.15, 0.2) is 11.5 Å². The summed E-state index contributed by atoms with van der Waals surface area (Å²) in [6.45, 7) is 1.14. The molecule has 0 radical (unpaired) electrons. The van der Waals surface area contributed by atoms with Crippen molar-refractivity contribution in [2.24, 2.45) is 0 Å². The molecule has 2 aliphatic rings. The molecule has 0 aliphatic carbocycles. The molecule has 3 heterocycles. The zero-order valence-electron chi connectivity index (χ0n) is 13.4. The Bertz CT molecular complexity index is 958. The largest absolute Gasteiger partial charge is 0.454 e. The van der Waals surface area contributed by atoms with Crippen LogP contribution in [0.4, 0.5) is 0 Å². The summed E-state index contributed by atoms with van der Waals surface area (Å²) < 4.78 is 10.6. The maximum atomic E-state index is 12.6. The number of pyridine rings is 1. The van der Waals surface area contributed by atoms with Crippen LogP contribution in [0.5, 0.6) is 11.5 Å². The number of aromatic nitrogens is 1. The highest BCUT2D eigenvalue weighted by atomic mass is 16.7. The van der Waals surface area contributed by atoms with Crippen LogP contribution in [0.3, 0.4) is 0 Å². The lowest BCUT2D eigenvalue weighted by molar-refractivity contribution is -0.131. The molecular formula is C18H15N3O4. The highest BCUT2D eigenvalue weighted by molar-refractivity contribution is 5.79. The molecule has 0 fully saturated rings. The first-order valence-corrected chi connectivity index (χ1v) is 7.95. The molecule has 2 aliphatic heterocycles. The van der Waals surface area contributed by atoms with E-state index in [1.54, 1.807) is 17.0 Å². The van der Waals surface area contributed by atoms with Crippen LogP contribution >= 0.6 is 0 Å². The van der Waals surface area contributed by atoms with E-state index in [2.05, 4.69) is 4.98 Å². The SMILES string of the molecule is N#Cc1cc2c([nH]c1=O)CCN(C(=O)Cc1ccc3c(c1)OCO3)C2. The van der Waals surface area contributed by atoms with Gasteiger partial charge in [-0.15, -0.1) is 0 Å². The number of carbonyl (C=O) groups excluding carboxylic acids is 1. The number of hydrogen-bond donors (Lipinski definition) is 1. The van der Waals surface area contributed by atoms with E-state index >= 15 is 0 Å². The zero-order valence-corrected chi connectivity index (χ0v) is 13.4. The number of fused-ring (bicyclic) bond motifs is 2. The van der Waals surface area contributed by atoms with Gasteiger partial charge in [-0.3, -0.25) is 9.59 Å². The lowest BCUT2D eigenvalue weighted by Crippen LogP contribution is -2.38. The second-order valence-electron chi connectivity index (χ2n) is 6.06. The van der Waals surface area contributed by atoms with Gasteiger partial charge in [-0.1, -0.05) is 6.07 Å². The molecular weight excluding hydrogens is 322 g/mol. The van der Waals surface area contributed by atoms with E-state index in [4.69, 9.17) is 14.7 Å². The molecule has 25 heavy (non-hydrogen) atoms. The Morgan fingerprint density at radius 1 is 1.28 bits per heavy atom. The Hall–Kier alpha value is -3.27. The summed E-state index contributed by atoms with van der Waals surface area (Å²) in [5, 5.41) is 8.99. The Labute approximate surface area is 143 Å². The standard InChI is InChI=1S/C18H15N3O4/c19-8-12-7-13-9-21(4-3-14(13)20-18(12)23)17(22)6-11-1-2-15-16(5-11)25-10-24-15/h1-2,5,7H,3-4,6,9-10H2,(H,20,23). The van der Waals surface area contributed by atoms with Crippen molar-refractivity contribution >= 4 is 5.91 Å². The third-order valence-electron chi connectivity index (χ3n) is 4.47. The fraction of sp³-hybridized carbons (Fsp3) is 0.278. The summed E-state index contributed by atoms with van der Waals surface area (Å²) >= 11 is 0. The number of nitrogens with zero attached hydrogens (tertiary/aromatic N) is 2. The van der Waals surface area contributed by atoms with Gasteiger partial charge in [0.2, 0.25) is 12.7 Å². The van der Waals surface area contributed by atoms with E-state index in [0.29, 0.717) is 31.0 Å². The number of amides is 1. The van der Waals surface area contributed by atoms with E-state index in [-0.39, 0.29) is 30.2 Å². The van der Waals surface area contributed by atoms with Gasteiger partial charge in [0.25, 0.3) is 5.56 Å². The number of benzene rings is 1. The van der Waals surface area contributed by atoms with E-state index in [1.165, 1.54) is 0 Å². The number of nitrogens with one attached hydrogen (secondary N) is 1. The molecule has 2 aromatic rings. The van der Waals surface area contributed by atoms with Crippen LogP contribution in [-0.2, 0) is 24.2 Å². The number of H-pyrrole nitrogens is 1. The van der Waals surface area contributed by atoms with Gasteiger partial charge in [0.1, 0.15) is 11.6 Å². The van der Waals surface area contributed by atoms with Gasteiger partial charge in [-0.2, -0.15) is 5.26 Å². The van der Waals surface area contributed by atoms with Crippen LogP contribution < -0.4 is 15.0 Å². The fourth-order valence-electron chi connectivity index (χ4n) is 3.14. The highest BCUT2D eigenvalue weighted by Crippen LogP contribution is 2.32. The molecule has 1 amide bonds. The topological polar surface area (TPSA) is 95.4 Å². The minimum absolute atomic E-state index is 0.00535. The first-order chi connectivity index (χ1) is 12.1. The normalized spacial score (nSPS) is 14.8. The Kier molecular flexibility index (Phi) is 3.65. The van der Waals surface area contributed by atoms with Crippen molar-refractivity contribution in [3.8, 4) is 17.6 Å². The Morgan fingerprint density at radius 2 is 2.12 bits per heavy atom. The summed E-state index contributed by atoms with van der Waals surface area (Å²) in [7, 11) is 0. The van der Waals surface area contributed by atoms with Gasteiger partial charge in [0, 0.05) is 25.2 Å². The molecule has 1 aromatic heterocycles. The van der Waals surface area contributed by atoms with E-state index < -0.39 is 0 Å². The minimum Gasteiger partial charge on any atom is -0.454 e. The van der Waals surface area contributed by atoms with Crippen LogP contribution in [-0.4, -0.2) is 29.1 Å². The number of rotatable bonds is 2. The number of carbonyl (C=O) groups is 1. The smallest absolute Gasteiger partial charge is 0.266 e. The molecule has 1 aromatic carbocycles. The molecule has 0 bridgehead atoms. The highest BCUT2D eigenvalue weighted by Gasteiger charge is 2.23. The summed E-state index contributed by atoms with van der Waals surface area (Å²) in [5.74, 6) is 1.34. The van der Waals surface area contributed by atoms with Gasteiger partial charge >= 0.3 is 0 Å². The third kappa shape index (κ3) is 2.83. The monoisotopic (exact) mass is 337 g/mol. The number of ether oxygens (including phenoxy) is 2. The molecule has 0 saturated carbocycles. The summed E-state index contributed by atoms with van der Waals surface area (Å²) in [5.41, 5.74) is 2.18. The summed E-state index contributed by atoms with van der Waals surface area (Å²) in [6.07, 6.45) is 0.837. The molecule has 0 spiro atoms. The second-order valence-corrected chi connectivity index (χ2v) is 6.06. The quantitative estimate of drug-likeness (QED) is 0.885. The maximum Gasteiger partial charge on any atom is 0.266 e. The molecule has 7 nitrogen and oxygen atoms in total. The number of nitriles is 1. The van der Waals surface area contributed by atoms with Gasteiger partial charge in [-0.05, 0) is 29.3 Å². The number of hydrogen-bond acceptors (Lipinski definition) is 5. The van der Waals surface area contributed by atoms with E-state index in [9.17, 15) is 9.59 Å². The summed E-state index contributed by atoms with van der Waals surface area (Å²) in [6, 6.07) is 8.94. The van der Waals surface area contributed by atoms with Crippen molar-refractivity contribution in [2.75, 3.05) is 13.3 Å². The van der Waals surface area contributed by atoms with Gasteiger partial charge in [0.05, 0.1) is 6.42 Å². The third-order valence-corrected chi connectivity index (χ3v) is 4.47. The van der Waals surface area contributed by atoms with Crippen LogP contribution in [0.15, 0.2) is 29.1 Å².